The number of ketones is 1. The quantitative estimate of drug-likeness (QED) is 0.504. The Balaban J connectivity index is 1.84. The Kier molecular flexibility index (Phi) is 8.46. The first kappa shape index (κ1) is 25.4. The Morgan fingerprint density at radius 2 is 1.85 bits per heavy atom. The molecule has 3 N–H and O–H groups in total. The summed E-state index contributed by atoms with van der Waals surface area (Å²) in [7, 11) is -3.99. The number of carbonyl (C=O) groups excluding carboxylic acids is 3. The van der Waals surface area contributed by atoms with Crippen LogP contribution in [0.3, 0.4) is 0 Å². The Hall–Kier alpha value is -3.18. The molecular formula is C23H29N5O5S. The highest BCUT2D eigenvalue weighted by Crippen LogP contribution is 2.13. The van der Waals surface area contributed by atoms with Crippen molar-refractivity contribution in [1.82, 2.24) is 25.3 Å². The molecule has 182 valence electrons. The van der Waals surface area contributed by atoms with Crippen molar-refractivity contribution in [2.24, 2.45) is 5.92 Å². The van der Waals surface area contributed by atoms with Crippen LogP contribution in [0.15, 0.2) is 47.5 Å². The first-order valence-corrected chi connectivity index (χ1v) is 12.7. The van der Waals surface area contributed by atoms with Gasteiger partial charge in [0.1, 0.15) is 17.9 Å². The number of sulfonamides is 1. The highest BCUT2D eigenvalue weighted by Gasteiger charge is 2.33. The summed E-state index contributed by atoms with van der Waals surface area (Å²) in [4.78, 5) is 47.1. The van der Waals surface area contributed by atoms with E-state index in [1.165, 1.54) is 12.1 Å². The molecule has 34 heavy (non-hydrogen) atoms. The van der Waals surface area contributed by atoms with Crippen LogP contribution in [0, 0.1) is 5.92 Å². The molecule has 0 aliphatic carbocycles. The average molecular weight is 488 g/mol. The highest BCUT2D eigenvalue weighted by atomic mass is 32.2. The maximum absolute atomic E-state index is 13.2. The molecule has 1 aliphatic rings. The van der Waals surface area contributed by atoms with Crippen molar-refractivity contribution in [1.29, 1.82) is 0 Å². The van der Waals surface area contributed by atoms with Crippen molar-refractivity contribution >= 4 is 27.6 Å². The number of nitrogens with zero attached hydrogens (tertiary/aromatic N) is 2. The van der Waals surface area contributed by atoms with E-state index in [4.69, 9.17) is 0 Å². The second-order valence-electron chi connectivity index (χ2n) is 8.46. The molecule has 2 heterocycles. The van der Waals surface area contributed by atoms with Gasteiger partial charge in [0, 0.05) is 24.9 Å². The van der Waals surface area contributed by atoms with Gasteiger partial charge in [0.15, 0.2) is 0 Å². The number of carbonyl (C=O) groups is 3. The van der Waals surface area contributed by atoms with E-state index in [2.05, 4.69) is 25.3 Å². The topological polar surface area (TPSA) is 147 Å². The molecule has 0 saturated heterocycles. The minimum atomic E-state index is -3.99. The first-order valence-electron chi connectivity index (χ1n) is 11.2. The molecule has 1 aromatic carbocycles. The average Bonchev–Trinajstić information content (AvgIpc) is 2.81. The van der Waals surface area contributed by atoms with Gasteiger partial charge in [-0.15, -0.1) is 0 Å². The number of benzene rings is 1. The van der Waals surface area contributed by atoms with Crippen LogP contribution < -0.4 is 15.4 Å². The number of aromatic nitrogens is 2. The molecule has 0 spiro atoms. The predicted molar refractivity (Wildman–Crippen MR) is 124 cm³/mol. The molecule has 0 saturated carbocycles. The lowest BCUT2D eigenvalue weighted by Gasteiger charge is -2.25. The molecule has 3 rings (SSSR count). The fourth-order valence-corrected chi connectivity index (χ4v) is 4.90. The van der Waals surface area contributed by atoms with E-state index in [0.717, 1.165) is 12.1 Å². The summed E-state index contributed by atoms with van der Waals surface area (Å²) >= 11 is 0. The number of nitrogens with one attached hydrogen (secondary N) is 3. The predicted octanol–water partition coefficient (Wildman–Crippen LogP) is 0.529. The van der Waals surface area contributed by atoms with E-state index in [9.17, 15) is 22.8 Å². The summed E-state index contributed by atoms with van der Waals surface area (Å²) in [6.07, 6.45) is 3.65. The summed E-state index contributed by atoms with van der Waals surface area (Å²) in [5, 5.41) is 5.14. The molecule has 0 fully saturated rings. The van der Waals surface area contributed by atoms with Crippen LogP contribution in [0.5, 0.6) is 0 Å². The van der Waals surface area contributed by atoms with Gasteiger partial charge in [-0.2, -0.15) is 4.72 Å². The summed E-state index contributed by atoms with van der Waals surface area (Å²) in [6, 6.07) is 7.05. The van der Waals surface area contributed by atoms with E-state index in [1.54, 1.807) is 44.3 Å². The van der Waals surface area contributed by atoms with Crippen molar-refractivity contribution < 1.29 is 22.8 Å². The zero-order chi connectivity index (χ0) is 24.7. The maximum Gasteiger partial charge on any atom is 0.289 e. The normalized spacial score (nSPS) is 18.4. The second kappa shape index (κ2) is 11.3. The van der Waals surface area contributed by atoms with E-state index >= 15 is 0 Å². The third-order valence-corrected chi connectivity index (χ3v) is 6.89. The molecule has 10 nitrogen and oxygen atoms in total. The Bertz CT molecular complexity index is 1140. The van der Waals surface area contributed by atoms with Crippen LogP contribution in [0.4, 0.5) is 0 Å². The number of Topliss-reactive ketones (excluding diaryl/α,β-unsaturated/α-hetero) is 1. The molecule has 2 aromatic rings. The van der Waals surface area contributed by atoms with E-state index in [0.29, 0.717) is 25.2 Å². The summed E-state index contributed by atoms with van der Waals surface area (Å²) in [5.41, 5.74) is 0.810. The third-order valence-electron chi connectivity index (χ3n) is 5.44. The Labute approximate surface area is 199 Å². The summed E-state index contributed by atoms with van der Waals surface area (Å²) < 4.78 is 28.0. The fourth-order valence-electron chi connectivity index (χ4n) is 3.54. The van der Waals surface area contributed by atoms with Crippen LogP contribution >= 0.6 is 0 Å². The van der Waals surface area contributed by atoms with Crippen molar-refractivity contribution in [3.8, 4) is 0 Å². The third kappa shape index (κ3) is 6.67. The molecule has 2 unspecified atom stereocenters. The standard InChI is InChI=1S/C23H29N5O5S/c1-15(2)20(28-34(32,33)17-9-4-3-5-10-17)22(30)27-18-14-19-24-13-11-16(26-19)8-6-7-12-25-23(31)21(18)29/h3-5,9-11,13,15,18,20,28H,6-8,12,14H2,1-2H3,(H,25,31)(H,27,30). The number of fused-ring (bicyclic) bond motifs is 2. The monoisotopic (exact) mass is 487 g/mol. The molecule has 1 aliphatic heterocycles. The van der Waals surface area contributed by atoms with Gasteiger partial charge >= 0.3 is 0 Å². The fraction of sp³-hybridized carbons (Fsp3) is 0.435. The zero-order valence-electron chi connectivity index (χ0n) is 19.2. The van der Waals surface area contributed by atoms with Gasteiger partial charge in [0.05, 0.1) is 4.90 Å². The van der Waals surface area contributed by atoms with Gasteiger partial charge in [0.2, 0.25) is 21.7 Å². The van der Waals surface area contributed by atoms with Gasteiger partial charge in [-0.1, -0.05) is 32.0 Å². The zero-order valence-corrected chi connectivity index (χ0v) is 20.0. The van der Waals surface area contributed by atoms with Gasteiger partial charge in [0.25, 0.3) is 5.91 Å². The lowest BCUT2D eigenvalue weighted by atomic mass is 10.0. The van der Waals surface area contributed by atoms with Gasteiger partial charge in [-0.3, -0.25) is 14.4 Å². The molecule has 11 heteroatoms. The van der Waals surface area contributed by atoms with Crippen LogP contribution in [0.1, 0.15) is 38.2 Å². The van der Waals surface area contributed by atoms with E-state index in [1.807, 2.05) is 0 Å². The summed E-state index contributed by atoms with van der Waals surface area (Å²) in [5.74, 6) is -2.49. The molecule has 2 atom stereocenters. The molecule has 1 aromatic heterocycles. The molecular weight excluding hydrogens is 458 g/mol. The highest BCUT2D eigenvalue weighted by molar-refractivity contribution is 7.89. The summed E-state index contributed by atoms with van der Waals surface area (Å²) in [6.45, 7) is 3.69. The van der Waals surface area contributed by atoms with Gasteiger partial charge < -0.3 is 10.6 Å². The Morgan fingerprint density at radius 1 is 1.12 bits per heavy atom. The minimum Gasteiger partial charge on any atom is -0.349 e. The van der Waals surface area contributed by atoms with Gasteiger partial charge in [-0.25, -0.2) is 18.4 Å². The van der Waals surface area contributed by atoms with Crippen molar-refractivity contribution in [3.05, 3.63) is 54.1 Å². The number of amides is 2. The maximum atomic E-state index is 13.2. The van der Waals surface area contributed by atoms with E-state index in [-0.39, 0.29) is 11.3 Å². The van der Waals surface area contributed by atoms with Crippen LogP contribution in [-0.2, 0) is 37.2 Å². The van der Waals surface area contributed by atoms with Crippen LogP contribution in [-0.4, -0.2) is 54.6 Å². The van der Waals surface area contributed by atoms with Crippen LogP contribution in [0.25, 0.3) is 0 Å². The largest absolute Gasteiger partial charge is 0.349 e. The molecule has 2 amide bonds. The van der Waals surface area contributed by atoms with Crippen molar-refractivity contribution in [2.45, 2.75) is 56.5 Å². The minimum absolute atomic E-state index is 0.0140. The van der Waals surface area contributed by atoms with Crippen LogP contribution in [0.2, 0.25) is 0 Å². The SMILES string of the molecule is CC(C)C(NS(=O)(=O)c1ccccc1)C(=O)NC1Cc2nccc(n2)CCCCNC(=O)C1=O. The lowest BCUT2D eigenvalue weighted by Crippen LogP contribution is -2.56. The molecule has 0 radical (unpaired) electrons. The number of aryl methyl sites for hydroxylation is 1. The number of hydrogen-bond donors (Lipinski definition) is 3. The lowest BCUT2D eigenvalue weighted by molar-refractivity contribution is -0.140. The van der Waals surface area contributed by atoms with Crippen molar-refractivity contribution in [2.75, 3.05) is 6.54 Å². The number of hydrogen-bond acceptors (Lipinski definition) is 7. The van der Waals surface area contributed by atoms with E-state index < -0.39 is 45.6 Å². The van der Waals surface area contributed by atoms with Crippen molar-refractivity contribution in [3.63, 3.8) is 0 Å². The Morgan fingerprint density at radius 3 is 2.56 bits per heavy atom. The molecule has 2 bridgehead atoms. The smallest absolute Gasteiger partial charge is 0.289 e. The number of rotatable bonds is 6. The first-order chi connectivity index (χ1) is 16.2. The second-order valence-corrected chi connectivity index (χ2v) is 10.2. The van der Waals surface area contributed by atoms with Gasteiger partial charge in [-0.05, 0) is 43.4 Å².